The smallest absolute Gasteiger partial charge is 0.290 e. The molecule has 3 heterocycles. The maximum absolute atomic E-state index is 12.3. The Labute approximate surface area is 155 Å². The summed E-state index contributed by atoms with van der Waals surface area (Å²) < 4.78 is 9.32. The number of nitrogens with one attached hydrogen (secondary N) is 1. The Kier molecular flexibility index (Phi) is 4.19. The number of hydrogen-bond acceptors (Lipinski definition) is 8. The number of anilines is 2. The summed E-state index contributed by atoms with van der Waals surface area (Å²) in [6.45, 7) is -0.240. The number of nitrogens with two attached hydrogens (primary N) is 1. The van der Waals surface area contributed by atoms with Gasteiger partial charge in [0.25, 0.3) is 5.56 Å². The summed E-state index contributed by atoms with van der Waals surface area (Å²) in [5.41, 5.74) is 7.94. The molecule has 0 atom stereocenters. The van der Waals surface area contributed by atoms with E-state index in [-0.39, 0.29) is 18.1 Å². The predicted octanol–water partition coefficient (Wildman–Crippen LogP) is 2.20. The van der Waals surface area contributed by atoms with Crippen LogP contribution < -0.4 is 16.6 Å². The Balaban J connectivity index is 1.57. The Hall–Kier alpha value is -3.11. The van der Waals surface area contributed by atoms with Crippen molar-refractivity contribution in [2.75, 3.05) is 11.1 Å². The molecule has 0 spiro atoms. The molecule has 8 nitrogen and oxygen atoms in total. The average Bonchev–Trinajstić information content (AvgIpc) is 3.29. The molecule has 1 amide bonds. The summed E-state index contributed by atoms with van der Waals surface area (Å²) in [5, 5.41) is 8.89. The number of carbonyl (C=O) groups is 1. The topological polar surface area (TPSA) is 116 Å². The van der Waals surface area contributed by atoms with E-state index in [1.165, 1.54) is 17.4 Å². The zero-order valence-corrected chi connectivity index (χ0v) is 14.9. The fourth-order valence-electron chi connectivity index (χ4n) is 2.41. The molecule has 1 aromatic carbocycles. The summed E-state index contributed by atoms with van der Waals surface area (Å²) in [5.74, 6) is -0.384. The molecule has 3 N–H and O–H groups in total. The van der Waals surface area contributed by atoms with Gasteiger partial charge in [-0.25, -0.2) is 4.68 Å². The first-order valence-electron chi connectivity index (χ1n) is 7.54. The average molecular weight is 384 g/mol. The lowest BCUT2D eigenvalue weighted by atomic mass is 10.2. The third-order valence-electron chi connectivity index (χ3n) is 3.61. The van der Waals surface area contributed by atoms with Crippen LogP contribution in [0.1, 0.15) is 0 Å². The first-order valence-corrected chi connectivity index (χ1v) is 9.15. The number of amides is 1. The first kappa shape index (κ1) is 16.4. The van der Waals surface area contributed by atoms with E-state index in [2.05, 4.69) is 19.2 Å². The predicted molar refractivity (Wildman–Crippen MR) is 102 cm³/mol. The van der Waals surface area contributed by atoms with Crippen LogP contribution in [0.25, 0.3) is 21.6 Å². The summed E-state index contributed by atoms with van der Waals surface area (Å²) >= 11 is 2.58. The molecule has 0 fully saturated rings. The van der Waals surface area contributed by atoms with Crippen molar-refractivity contribution in [3.05, 3.63) is 52.1 Å². The van der Waals surface area contributed by atoms with Gasteiger partial charge in [0.2, 0.25) is 5.91 Å². The van der Waals surface area contributed by atoms with Crippen molar-refractivity contribution in [2.24, 2.45) is 0 Å². The second-order valence-corrected chi connectivity index (χ2v) is 6.92. The third-order valence-corrected chi connectivity index (χ3v) is 5.06. The van der Waals surface area contributed by atoms with Crippen molar-refractivity contribution in [2.45, 2.75) is 6.54 Å². The van der Waals surface area contributed by atoms with E-state index in [4.69, 9.17) is 5.73 Å². The number of hydrogen-bond donors (Lipinski definition) is 2. The molecule has 0 aliphatic rings. The summed E-state index contributed by atoms with van der Waals surface area (Å²) in [7, 11) is 0. The number of nitrogen functional groups attached to an aromatic ring is 1. The molecule has 0 aliphatic heterocycles. The minimum atomic E-state index is -0.500. The number of nitrogens with zero attached hydrogens (tertiary/aromatic N) is 4. The van der Waals surface area contributed by atoms with Gasteiger partial charge in [0.15, 0.2) is 0 Å². The largest absolute Gasteiger partial charge is 0.394 e. The first-order chi connectivity index (χ1) is 12.6. The lowest BCUT2D eigenvalue weighted by Gasteiger charge is -2.09. The van der Waals surface area contributed by atoms with Gasteiger partial charge in [-0.05, 0) is 35.7 Å². The van der Waals surface area contributed by atoms with E-state index >= 15 is 0 Å². The molecule has 0 bridgehead atoms. The highest BCUT2D eigenvalue weighted by Crippen LogP contribution is 2.22. The summed E-state index contributed by atoms with van der Waals surface area (Å²) in [6, 6.07) is 10.5. The fourth-order valence-corrected chi connectivity index (χ4v) is 3.61. The number of benzene rings is 1. The molecule has 0 aliphatic carbocycles. The van der Waals surface area contributed by atoms with Crippen molar-refractivity contribution in [1.29, 1.82) is 0 Å². The van der Waals surface area contributed by atoms with Gasteiger partial charge < -0.3 is 11.1 Å². The highest BCUT2D eigenvalue weighted by atomic mass is 32.1. The number of rotatable bonds is 4. The maximum Gasteiger partial charge on any atom is 0.290 e. The Morgan fingerprint density at radius 1 is 1.19 bits per heavy atom. The van der Waals surface area contributed by atoms with Crippen molar-refractivity contribution in [1.82, 2.24) is 18.5 Å². The van der Waals surface area contributed by atoms with Crippen LogP contribution in [0.4, 0.5) is 11.4 Å². The molecule has 4 aromatic rings. The molecule has 0 unspecified atom stereocenters. The Morgan fingerprint density at radius 3 is 2.85 bits per heavy atom. The fraction of sp³-hybridized carbons (Fsp3) is 0.0625. The van der Waals surface area contributed by atoms with Gasteiger partial charge in [-0.3, -0.25) is 9.59 Å². The Bertz CT molecular complexity index is 1150. The minimum absolute atomic E-state index is 0.0474. The van der Waals surface area contributed by atoms with Crippen molar-refractivity contribution < 1.29 is 4.79 Å². The van der Waals surface area contributed by atoms with Gasteiger partial charge in [-0.15, -0.1) is 11.3 Å². The van der Waals surface area contributed by atoms with Crippen LogP contribution in [0.5, 0.6) is 0 Å². The number of carbonyl (C=O) groups excluding carboxylic acids is 1. The van der Waals surface area contributed by atoms with Gasteiger partial charge in [-0.1, -0.05) is 6.07 Å². The monoisotopic (exact) mass is 384 g/mol. The van der Waals surface area contributed by atoms with Crippen molar-refractivity contribution in [3.8, 4) is 10.6 Å². The van der Waals surface area contributed by atoms with E-state index < -0.39 is 5.56 Å². The highest BCUT2D eigenvalue weighted by molar-refractivity contribution is 7.13. The summed E-state index contributed by atoms with van der Waals surface area (Å²) in [4.78, 5) is 25.4. The second-order valence-electron chi connectivity index (χ2n) is 5.44. The van der Waals surface area contributed by atoms with Crippen LogP contribution in [0, 0.1) is 0 Å². The lowest BCUT2D eigenvalue weighted by molar-refractivity contribution is -0.117. The molecular weight excluding hydrogens is 372 g/mol. The Morgan fingerprint density at radius 2 is 2.04 bits per heavy atom. The van der Waals surface area contributed by atoms with Gasteiger partial charge in [-0.2, -0.15) is 13.8 Å². The number of fused-ring (bicyclic) bond motifs is 1. The van der Waals surface area contributed by atoms with E-state index in [1.807, 2.05) is 17.5 Å². The van der Waals surface area contributed by atoms with Gasteiger partial charge in [0.05, 0.1) is 16.6 Å². The zero-order chi connectivity index (χ0) is 18.1. The standard InChI is InChI=1S/C16H12N6O2S2/c17-10-7-13(14-2-1-5-25-14)19-22(16(10)24)8-15(23)18-9-3-4-11-12(6-9)21-26-20-11/h1-7H,8,17H2,(H,18,23). The van der Waals surface area contributed by atoms with Crippen LogP contribution >= 0.6 is 23.1 Å². The number of aromatic nitrogens is 4. The minimum Gasteiger partial charge on any atom is -0.394 e. The molecule has 10 heteroatoms. The molecule has 3 aromatic heterocycles. The quantitative estimate of drug-likeness (QED) is 0.557. The molecule has 4 rings (SSSR count). The van der Waals surface area contributed by atoms with Gasteiger partial charge in [0.1, 0.15) is 29.0 Å². The van der Waals surface area contributed by atoms with E-state index in [1.54, 1.807) is 18.2 Å². The third kappa shape index (κ3) is 3.19. The number of thiophene rings is 1. The van der Waals surface area contributed by atoms with Crippen LogP contribution in [0.2, 0.25) is 0 Å². The normalized spacial score (nSPS) is 10.9. The van der Waals surface area contributed by atoms with Gasteiger partial charge in [0, 0.05) is 5.69 Å². The summed E-state index contributed by atoms with van der Waals surface area (Å²) in [6.07, 6.45) is 0. The SMILES string of the molecule is Nc1cc(-c2cccs2)nn(CC(=O)Nc2ccc3nsnc3c2)c1=O. The van der Waals surface area contributed by atoms with Crippen LogP contribution in [0.15, 0.2) is 46.6 Å². The van der Waals surface area contributed by atoms with Crippen LogP contribution in [0.3, 0.4) is 0 Å². The van der Waals surface area contributed by atoms with Crippen LogP contribution in [-0.2, 0) is 11.3 Å². The maximum atomic E-state index is 12.3. The van der Waals surface area contributed by atoms with Crippen molar-refractivity contribution >= 4 is 51.4 Å². The lowest BCUT2D eigenvalue weighted by Crippen LogP contribution is -2.31. The molecule has 130 valence electrons. The molecule has 0 saturated heterocycles. The van der Waals surface area contributed by atoms with E-state index in [0.717, 1.165) is 26.8 Å². The molecule has 26 heavy (non-hydrogen) atoms. The second kappa shape index (κ2) is 6.65. The highest BCUT2D eigenvalue weighted by Gasteiger charge is 2.12. The zero-order valence-electron chi connectivity index (χ0n) is 13.2. The molecular formula is C16H12N6O2S2. The van der Waals surface area contributed by atoms with Crippen LogP contribution in [-0.4, -0.2) is 24.4 Å². The van der Waals surface area contributed by atoms with E-state index in [9.17, 15) is 9.59 Å². The molecule has 0 radical (unpaired) electrons. The van der Waals surface area contributed by atoms with E-state index in [0.29, 0.717) is 16.9 Å². The molecule has 0 saturated carbocycles. The van der Waals surface area contributed by atoms with Gasteiger partial charge >= 0.3 is 0 Å². The van der Waals surface area contributed by atoms with Crippen molar-refractivity contribution in [3.63, 3.8) is 0 Å².